The summed E-state index contributed by atoms with van der Waals surface area (Å²) in [7, 11) is 0. The standard InChI is InChI=1S/C27H23N3O7/c1-16(2)37-22(31)13-17-8-10-20(11-9-17)29-24(19-6-4-12-28-15-19)23(26(33)27(29)34)25(32)18-5-3-7-21(14-18)30(35)36/h3-12,14-16,24,32H,13H2,1-2H3/b25-23-. The van der Waals surface area contributed by atoms with Crippen LogP contribution in [0.2, 0.25) is 0 Å². The number of amides is 1. The third-order valence-electron chi connectivity index (χ3n) is 5.71. The Morgan fingerprint density at radius 3 is 2.49 bits per heavy atom. The highest BCUT2D eigenvalue weighted by Crippen LogP contribution is 2.42. The van der Waals surface area contributed by atoms with Crippen LogP contribution in [0.4, 0.5) is 11.4 Å². The van der Waals surface area contributed by atoms with Crippen LogP contribution >= 0.6 is 0 Å². The molecule has 2 aromatic carbocycles. The minimum Gasteiger partial charge on any atom is -0.507 e. The normalized spacial score (nSPS) is 16.7. The molecule has 1 aliphatic heterocycles. The van der Waals surface area contributed by atoms with Gasteiger partial charge in [-0.1, -0.05) is 30.3 Å². The molecular formula is C27H23N3O7. The van der Waals surface area contributed by atoms with Gasteiger partial charge in [-0.2, -0.15) is 0 Å². The number of aliphatic hydroxyl groups excluding tert-OH is 1. The Balaban J connectivity index is 1.78. The van der Waals surface area contributed by atoms with Crippen molar-refractivity contribution < 1.29 is 29.2 Å². The maximum absolute atomic E-state index is 13.2. The van der Waals surface area contributed by atoms with Gasteiger partial charge in [0.15, 0.2) is 0 Å². The molecule has 0 spiro atoms. The van der Waals surface area contributed by atoms with Crippen LogP contribution in [0, 0.1) is 10.1 Å². The molecule has 1 N–H and O–H groups in total. The number of non-ortho nitro benzene ring substituents is 1. The summed E-state index contributed by atoms with van der Waals surface area (Å²) >= 11 is 0. The quantitative estimate of drug-likeness (QED) is 0.127. The maximum Gasteiger partial charge on any atom is 0.310 e. The first-order chi connectivity index (χ1) is 17.7. The van der Waals surface area contributed by atoms with E-state index in [1.54, 1.807) is 50.2 Å². The first-order valence-electron chi connectivity index (χ1n) is 11.4. The number of nitrogens with zero attached hydrogens (tertiary/aromatic N) is 3. The van der Waals surface area contributed by atoms with Gasteiger partial charge in [0.25, 0.3) is 17.4 Å². The van der Waals surface area contributed by atoms with Gasteiger partial charge in [-0.25, -0.2) is 0 Å². The number of nitro groups is 1. The Morgan fingerprint density at radius 2 is 1.86 bits per heavy atom. The lowest BCUT2D eigenvalue weighted by Crippen LogP contribution is -2.29. The van der Waals surface area contributed by atoms with Crippen LogP contribution in [0.25, 0.3) is 5.76 Å². The predicted molar refractivity (Wildman–Crippen MR) is 133 cm³/mol. The van der Waals surface area contributed by atoms with E-state index in [4.69, 9.17) is 4.74 Å². The molecule has 1 unspecified atom stereocenters. The minimum absolute atomic E-state index is 0.0279. The summed E-state index contributed by atoms with van der Waals surface area (Å²) in [5, 5.41) is 22.3. The molecule has 1 saturated heterocycles. The number of Topliss-reactive ketones (excluding diaryl/α,β-unsaturated/α-hetero) is 1. The summed E-state index contributed by atoms with van der Waals surface area (Å²) in [4.78, 5) is 54.3. The van der Waals surface area contributed by atoms with Gasteiger partial charge in [0.2, 0.25) is 0 Å². The summed E-state index contributed by atoms with van der Waals surface area (Å²) in [6.45, 7) is 3.51. The lowest BCUT2D eigenvalue weighted by atomic mass is 9.96. The fraction of sp³-hybridized carbons (Fsp3) is 0.185. The summed E-state index contributed by atoms with van der Waals surface area (Å²) in [5.74, 6) is -2.75. The molecule has 0 bridgehead atoms. The van der Waals surface area contributed by atoms with Crippen LogP contribution in [0.5, 0.6) is 0 Å². The molecule has 2 heterocycles. The highest BCUT2D eigenvalue weighted by atomic mass is 16.6. The topological polar surface area (TPSA) is 140 Å². The number of benzene rings is 2. The Bertz CT molecular complexity index is 1400. The van der Waals surface area contributed by atoms with E-state index in [0.29, 0.717) is 16.8 Å². The maximum atomic E-state index is 13.2. The third-order valence-corrected chi connectivity index (χ3v) is 5.71. The molecule has 4 rings (SSSR count). The SMILES string of the molecule is CC(C)OC(=O)Cc1ccc(N2C(=O)C(=O)/C(=C(\O)c3cccc([N+](=O)[O-])c3)C2c2cccnc2)cc1. The van der Waals surface area contributed by atoms with Crippen LogP contribution in [0.1, 0.15) is 36.6 Å². The molecule has 0 saturated carbocycles. The van der Waals surface area contributed by atoms with Gasteiger partial charge in [0.05, 0.1) is 29.1 Å². The van der Waals surface area contributed by atoms with Gasteiger partial charge in [-0.3, -0.25) is 34.4 Å². The third kappa shape index (κ3) is 5.22. The second-order valence-electron chi connectivity index (χ2n) is 8.64. The number of hydrogen-bond donors (Lipinski definition) is 1. The van der Waals surface area contributed by atoms with Gasteiger partial charge in [-0.05, 0) is 43.2 Å². The van der Waals surface area contributed by atoms with Gasteiger partial charge < -0.3 is 9.84 Å². The molecule has 1 aliphatic rings. The number of ether oxygens (including phenoxy) is 1. The van der Waals surface area contributed by atoms with Crippen molar-refractivity contribution >= 4 is 34.8 Å². The van der Waals surface area contributed by atoms with Crippen molar-refractivity contribution in [1.82, 2.24) is 4.98 Å². The van der Waals surface area contributed by atoms with Crippen LogP contribution in [-0.4, -0.2) is 38.8 Å². The molecule has 37 heavy (non-hydrogen) atoms. The molecule has 1 atom stereocenters. The Hall–Kier alpha value is -4.86. The number of pyridine rings is 1. The lowest BCUT2D eigenvalue weighted by molar-refractivity contribution is -0.384. The molecule has 0 aliphatic carbocycles. The highest BCUT2D eigenvalue weighted by Gasteiger charge is 2.47. The summed E-state index contributed by atoms with van der Waals surface area (Å²) in [5.41, 5.74) is 1.000. The lowest BCUT2D eigenvalue weighted by Gasteiger charge is -2.25. The van der Waals surface area contributed by atoms with E-state index in [1.165, 1.54) is 35.5 Å². The van der Waals surface area contributed by atoms with Crippen LogP contribution in [-0.2, 0) is 25.5 Å². The van der Waals surface area contributed by atoms with Gasteiger partial charge >= 0.3 is 5.97 Å². The summed E-state index contributed by atoms with van der Waals surface area (Å²) in [6.07, 6.45) is 2.79. The second-order valence-corrected chi connectivity index (χ2v) is 8.64. The fourth-order valence-corrected chi connectivity index (χ4v) is 4.12. The van der Waals surface area contributed by atoms with E-state index in [-0.39, 0.29) is 29.3 Å². The largest absolute Gasteiger partial charge is 0.507 e. The molecule has 188 valence electrons. The Morgan fingerprint density at radius 1 is 1.14 bits per heavy atom. The molecule has 3 aromatic rings. The fourth-order valence-electron chi connectivity index (χ4n) is 4.12. The zero-order valence-electron chi connectivity index (χ0n) is 20.0. The number of anilines is 1. The van der Waals surface area contributed by atoms with E-state index >= 15 is 0 Å². The summed E-state index contributed by atoms with van der Waals surface area (Å²) < 4.78 is 5.16. The molecule has 1 amide bonds. The van der Waals surface area contributed by atoms with Crippen molar-refractivity contribution in [2.75, 3.05) is 4.90 Å². The molecular weight excluding hydrogens is 478 g/mol. The summed E-state index contributed by atoms with van der Waals surface area (Å²) in [6, 6.07) is 13.9. The van der Waals surface area contributed by atoms with Gasteiger partial charge in [-0.15, -0.1) is 0 Å². The number of nitro benzene ring substituents is 1. The van der Waals surface area contributed by atoms with Crippen LogP contribution < -0.4 is 4.90 Å². The number of hydrogen-bond acceptors (Lipinski definition) is 8. The van der Waals surface area contributed by atoms with Crippen molar-refractivity contribution in [3.63, 3.8) is 0 Å². The number of aliphatic hydroxyl groups is 1. The van der Waals surface area contributed by atoms with Crippen molar-refractivity contribution in [2.24, 2.45) is 0 Å². The van der Waals surface area contributed by atoms with Gasteiger partial charge in [0.1, 0.15) is 5.76 Å². The Labute approximate surface area is 212 Å². The molecule has 10 heteroatoms. The van der Waals surface area contributed by atoms with Crippen molar-refractivity contribution in [3.05, 3.63) is 105 Å². The number of carbonyl (C=O) groups is 3. The molecule has 10 nitrogen and oxygen atoms in total. The molecule has 1 fully saturated rings. The van der Waals surface area contributed by atoms with Crippen molar-refractivity contribution in [2.45, 2.75) is 32.4 Å². The van der Waals surface area contributed by atoms with E-state index in [2.05, 4.69) is 4.98 Å². The number of carbonyl (C=O) groups excluding carboxylic acids is 3. The number of aromatic nitrogens is 1. The zero-order valence-corrected chi connectivity index (χ0v) is 20.0. The van der Waals surface area contributed by atoms with Crippen LogP contribution in [0.3, 0.4) is 0 Å². The van der Waals surface area contributed by atoms with Crippen molar-refractivity contribution in [3.8, 4) is 0 Å². The van der Waals surface area contributed by atoms with Gasteiger partial charge in [0, 0.05) is 35.8 Å². The molecule has 0 radical (unpaired) electrons. The number of ketones is 1. The monoisotopic (exact) mass is 501 g/mol. The smallest absolute Gasteiger partial charge is 0.310 e. The number of esters is 1. The first kappa shape index (κ1) is 25.2. The highest BCUT2D eigenvalue weighted by molar-refractivity contribution is 6.51. The first-order valence-corrected chi connectivity index (χ1v) is 11.4. The predicted octanol–water partition coefficient (Wildman–Crippen LogP) is 4.11. The van der Waals surface area contributed by atoms with E-state index in [1.807, 2.05) is 0 Å². The zero-order chi connectivity index (χ0) is 26.7. The second kappa shape index (κ2) is 10.4. The number of rotatable bonds is 7. The average Bonchev–Trinajstić information content (AvgIpc) is 3.14. The van der Waals surface area contributed by atoms with Crippen LogP contribution in [0.15, 0.2) is 78.6 Å². The minimum atomic E-state index is -1.04. The molecule has 1 aromatic heterocycles. The van der Waals surface area contributed by atoms with E-state index in [9.17, 15) is 29.6 Å². The van der Waals surface area contributed by atoms with Crippen molar-refractivity contribution in [1.29, 1.82) is 0 Å². The van der Waals surface area contributed by atoms with E-state index < -0.39 is 34.4 Å². The average molecular weight is 501 g/mol. The van der Waals surface area contributed by atoms with E-state index in [0.717, 1.165) is 6.07 Å². The Kier molecular flexibility index (Phi) is 7.10.